The molecule has 1 amide bonds. The summed E-state index contributed by atoms with van der Waals surface area (Å²) in [7, 11) is 0. The van der Waals surface area contributed by atoms with Crippen molar-refractivity contribution in [1.82, 2.24) is 4.90 Å². The number of nitrogens with one attached hydrogen (secondary N) is 1. The summed E-state index contributed by atoms with van der Waals surface area (Å²) in [5, 5.41) is 2.61. The lowest BCUT2D eigenvalue weighted by Crippen LogP contribution is -2.47. The minimum Gasteiger partial charge on any atom is -0.329 e. The fraction of sp³-hybridized carbons (Fsp3) is 0.500. The number of rotatable bonds is 4. The first-order valence-corrected chi connectivity index (χ1v) is 7.58. The zero-order valence-corrected chi connectivity index (χ0v) is 12.8. The van der Waals surface area contributed by atoms with Crippen LogP contribution in [-0.2, 0) is 4.79 Å². The Hall–Kier alpha value is -0.980. The van der Waals surface area contributed by atoms with Gasteiger partial charge in [0.25, 0.3) is 0 Å². The maximum absolute atomic E-state index is 13.7. The Kier molecular flexibility index (Phi) is 5.51. The van der Waals surface area contributed by atoms with E-state index in [9.17, 15) is 9.18 Å². The number of nitrogens with two attached hydrogens (primary N) is 1. The molecule has 1 aromatic rings. The van der Waals surface area contributed by atoms with E-state index in [1.165, 1.54) is 6.07 Å². The second kappa shape index (κ2) is 7.15. The molecule has 0 radical (unpaired) electrons. The minimum absolute atomic E-state index is 0.202. The smallest absolute Gasteiger partial charge is 0.238 e. The van der Waals surface area contributed by atoms with Gasteiger partial charge in [0, 0.05) is 17.1 Å². The zero-order chi connectivity index (χ0) is 14.5. The van der Waals surface area contributed by atoms with Crippen LogP contribution in [0.2, 0.25) is 0 Å². The topological polar surface area (TPSA) is 58.4 Å². The third-order valence-corrected chi connectivity index (χ3v) is 4.07. The number of nitrogens with zero attached hydrogens (tertiary/aromatic N) is 1. The molecule has 1 fully saturated rings. The molecule has 4 nitrogen and oxygen atoms in total. The van der Waals surface area contributed by atoms with Crippen molar-refractivity contribution in [1.29, 1.82) is 0 Å². The van der Waals surface area contributed by atoms with Crippen molar-refractivity contribution in [2.75, 3.05) is 25.0 Å². The van der Waals surface area contributed by atoms with Crippen molar-refractivity contribution in [3.8, 4) is 0 Å². The molecule has 2 rings (SSSR count). The van der Waals surface area contributed by atoms with E-state index in [0.717, 1.165) is 25.8 Å². The maximum Gasteiger partial charge on any atom is 0.238 e. The molecular formula is C14H19BrFN3O. The summed E-state index contributed by atoms with van der Waals surface area (Å²) in [4.78, 5) is 14.1. The van der Waals surface area contributed by atoms with Crippen LogP contribution in [0.3, 0.4) is 0 Å². The molecule has 0 bridgehead atoms. The van der Waals surface area contributed by atoms with Crippen molar-refractivity contribution in [3.63, 3.8) is 0 Å². The zero-order valence-electron chi connectivity index (χ0n) is 11.2. The van der Waals surface area contributed by atoms with Crippen molar-refractivity contribution in [3.05, 3.63) is 28.5 Å². The Balaban J connectivity index is 1.94. The Morgan fingerprint density at radius 2 is 2.30 bits per heavy atom. The van der Waals surface area contributed by atoms with Crippen molar-refractivity contribution in [2.45, 2.75) is 25.3 Å². The summed E-state index contributed by atoms with van der Waals surface area (Å²) in [6.45, 7) is 1.69. The average Bonchev–Trinajstić information content (AvgIpc) is 2.42. The van der Waals surface area contributed by atoms with Gasteiger partial charge in [-0.2, -0.15) is 0 Å². The van der Waals surface area contributed by atoms with Gasteiger partial charge in [-0.15, -0.1) is 0 Å². The lowest BCUT2D eigenvalue weighted by atomic mass is 10.0. The van der Waals surface area contributed by atoms with Crippen molar-refractivity contribution >= 4 is 27.5 Å². The number of halogens is 2. The fourth-order valence-electron chi connectivity index (χ4n) is 2.50. The van der Waals surface area contributed by atoms with Gasteiger partial charge >= 0.3 is 0 Å². The molecule has 110 valence electrons. The van der Waals surface area contributed by atoms with E-state index >= 15 is 0 Å². The van der Waals surface area contributed by atoms with Crippen LogP contribution in [0, 0.1) is 5.82 Å². The van der Waals surface area contributed by atoms with E-state index < -0.39 is 5.82 Å². The van der Waals surface area contributed by atoms with E-state index in [1.54, 1.807) is 12.1 Å². The molecule has 20 heavy (non-hydrogen) atoms. The summed E-state index contributed by atoms with van der Waals surface area (Å²) in [5.41, 5.74) is 5.93. The third-order valence-electron chi connectivity index (χ3n) is 3.57. The molecule has 0 spiro atoms. The summed E-state index contributed by atoms with van der Waals surface area (Å²) in [6.07, 6.45) is 3.26. The van der Waals surface area contributed by atoms with Gasteiger partial charge in [0.15, 0.2) is 0 Å². The third kappa shape index (κ3) is 4.01. The van der Waals surface area contributed by atoms with Gasteiger partial charge in [-0.25, -0.2) is 4.39 Å². The predicted molar refractivity (Wildman–Crippen MR) is 81.0 cm³/mol. The summed E-state index contributed by atoms with van der Waals surface area (Å²) in [6, 6.07) is 4.83. The highest BCUT2D eigenvalue weighted by molar-refractivity contribution is 9.10. The molecule has 1 atom stereocenters. The van der Waals surface area contributed by atoms with Gasteiger partial charge in [0.05, 0.1) is 12.2 Å². The Bertz CT molecular complexity index is 483. The van der Waals surface area contributed by atoms with Crippen LogP contribution >= 0.6 is 15.9 Å². The van der Waals surface area contributed by atoms with Crippen LogP contribution < -0.4 is 11.1 Å². The molecule has 0 aromatic heterocycles. The summed E-state index contributed by atoms with van der Waals surface area (Å²) in [5.74, 6) is -0.645. The molecule has 1 saturated heterocycles. The number of carbonyl (C=O) groups excluding carboxylic acids is 1. The van der Waals surface area contributed by atoms with E-state index in [0.29, 0.717) is 11.0 Å². The standard InChI is InChI=1S/C14H19BrFN3O/c15-10-4-5-13(12(16)7-10)18-14(20)9-19-6-2-1-3-11(19)8-17/h4-5,7,11H,1-3,6,8-9,17H2,(H,18,20). The van der Waals surface area contributed by atoms with Gasteiger partial charge in [0.2, 0.25) is 5.91 Å². The first-order chi connectivity index (χ1) is 9.60. The molecule has 1 aliphatic rings. The first kappa shape index (κ1) is 15.4. The molecule has 1 aromatic carbocycles. The van der Waals surface area contributed by atoms with Gasteiger partial charge < -0.3 is 11.1 Å². The van der Waals surface area contributed by atoms with Crippen LogP contribution in [0.15, 0.2) is 22.7 Å². The van der Waals surface area contributed by atoms with Gasteiger partial charge in [-0.1, -0.05) is 22.4 Å². The number of likely N-dealkylation sites (tertiary alicyclic amines) is 1. The van der Waals surface area contributed by atoms with Crippen LogP contribution in [0.4, 0.5) is 10.1 Å². The molecule has 6 heteroatoms. The Labute approximate surface area is 126 Å². The van der Waals surface area contributed by atoms with Crippen molar-refractivity contribution in [2.24, 2.45) is 5.73 Å². The quantitative estimate of drug-likeness (QED) is 0.882. The fourth-order valence-corrected chi connectivity index (χ4v) is 2.83. The molecule has 1 aliphatic heterocycles. The van der Waals surface area contributed by atoms with Gasteiger partial charge in [0.1, 0.15) is 5.82 Å². The van der Waals surface area contributed by atoms with Crippen LogP contribution in [0.1, 0.15) is 19.3 Å². The number of hydrogen-bond donors (Lipinski definition) is 2. The van der Waals surface area contributed by atoms with Crippen LogP contribution in [-0.4, -0.2) is 36.5 Å². The summed E-state index contributed by atoms with van der Waals surface area (Å²) >= 11 is 3.18. The molecule has 3 N–H and O–H groups in total. The normalized spacial score (nSPS) is 19.9. The highest BCUT2D eigenvalue weighted by Crippen LogP contribution is 2.20. The number of anilines is 1. The van der Waals surface area contributed by atoms with E-state index in [-0.39, 0.29) is 24.2 Å². The number of benzene rings is 1. The highest BCUT2D eigenvalue weighted by atomic mass is 79.9. The van der Waals surface area contributed by atoms with E-state index in [2.05, 4.69) is 26.1 Å². The number of piperidine rings is 1. The van der Waals surface area contributed by atoms with Gasteiger partial charge in [-0.05, 0) is 37.6 Å². The molecule has 1 unspecified atom stereocenters. The lowest BCUT2D eigenvalue weighted by molar-refractivity contribution is -0.118. The first-order valence-electron chi connectivity index (χ1n) is 6.79. The Morgan fingerprint density at radius 1 is 1.50 bits per heavy atom. The van der Waals surface area contributed by atoms with Crippen LogP contribution in [0.25, 0.3) is 0 Å². The highest BCUT2D eigenvalue weighted by Gasteiger charge is 2.23. The summed E-state index contributed by atoms with van der Waals surface area (Å²) < 4.78 is 14.3. The van der Waals surface area contributed by atoms with E-state index in [4.69, 9.17) is 5.73 Å². The molecule has 0 saturated carbocycles. The number of carbonyl (C=O) groups is 1. The van der Waals surface area contributed by atoms with Gasteiger partial charge in [-0.3, -0.25) is 9.69 Å². The molecule has 0 aliphatic carbocycles. The number of hydrogen-bond acceptors (Lipinski definition) is 3. The SMILES string of the molecule is NCC1CCCCN1CC(=O)Nc1ccc(Br)cc1F. The second-order valence-corrected chi connectivity index (χ2v) is 5.94. The minimum atomic E-state index is -0.443. The van der Waals surface area contributed by atoms with Crippen molar-refractivity contribution < 1.29 is 9.18 Å². The predicted octanol–water partition coefficient (Wildman–Crippen LogP) is 2.34. The average molecular weight is 344 g/mol. The number of amides is 1. The van der Waals surface area contributed by atoms with E-state index in [1.807, 2.05) is 0 Å². The monoisotopic (exact) mass is 343 g/mol. The maximum atomic E-state index is 13.7. The second-order valence-electron chi connectivity index (χ2n) is 5.03. The lowest BCUT2D eigenvalue weighted by Gasteiger charge is -2.34. The molecular weight excluding hydrogens is 325 g/mol. The van der Waals surface area contributed by atoms with Crippen LogP contribution in [0.5, 0.6) is 0 Å². The molecule has 1 heterocycles. The Morgan fingerprint density at radius 3 is 3.00 bits per heavy atom. The largest absolute Gasteiger partial charge is 0.329 e.